The number of hydrogen-bond acceptors (Lipinski definition) is 3. The van der Waals surface area contributed by atoms with Crippen molar-refractivity contribution < 1.29 is 8.42 Å². The molecule has 0 fully saturated rings. The predicted octanol–water partition coefficient (Wildman–Crippen LogP) is 3.96. The van der Waals surface area contributed by atoms with Gasteiger partial charge in [0.1, 0.15) is 4.21 Å². The molecule has 0 radical (unpaired) electrons. The second-order valence-electron chi connectivity index (χ2n) is 3.17. The molecule has 7 heteroatoms. The molecule has 3 nitrogen and oxygen atoms in total. The smallest absolute Gasteiger partial charge is 0.271 e. The van der Waals surface area contributed by atoms with Crippen molar-refractivity contribution in [1.29, 1.82) is 0 Å². The van der Waals surface area contributed by atoms with E-state index in [9.17, 15) is 8.42 Å². The summed E-state index contributed by atoms with van der Waals surface area (Å²) in [5, 5.41) is 2.17. The Hall–Kier alpha value is -0.560. The minimum atomic E-state index is -3.51. The molecule has 0 atom stereocenters. The number of halogens is 2. The number of rotatable bonds is 3. The minimum absolute atomic E-state index is 0.275. The molecule has 1 N–H and O–H groups in total. The number of hydrogen-bond donors (Lipinski definition) is 1. The van der Waals surface area contributed by atoms with Crippen LogP contribution in [0.15, 0.2) is 44.4 Å². The highest BCUT2D eigenvalue weighted by Crippen LogP contribution is 2.27. The predicted molar refractivity (Wildman–Crippen MR) is 74.3 cm³/mol. The molecule has 0 bridgehead atoms. The summed E-state index contributed by atoms with van der Waals surface area (Å²) in [6.45, 7) is 0. The highest BCUT2D eigenvalue weighted by Gasteiger charge is 2.15. The summed E-state index contributed by atoms with van der Waals surface area (Å²) in [4.78, 5) is 0. The van der Waals surface area contributed by atoms with Crippen LogP contribution in [-0.4, -0.2) is 8.42 Å². The van der Waals surface area contributed by atoms with Gasteiger partial charge < -0.3 is 0 Å². The van der Waals surface area contributed by atoms with Crippen LogP contribution in [0, 0.1) is 0 Å². The highest BCUT2D eigenvalue weighted by atomic mass is 79.9. The Morgan fingerprint density at radius 1 is 1.29 bits per heavy atom. The molecule has 1 heterocycles. The van der Waals surface area contributed by atoms with Gasteiger partial charge in [-0.1, -0.05) is 17.7 Å². The lowest BCUT2D eigenvalue weighted by Gasteiger charge is -2.07. The summed E-state index contributed by atoms with van der Waals surface area (Å²) in [7, 11) is -3.51. The van der Waals surface area contributed by atoms with Gasteiger partial charge in [-0.15, -0.1) is 11.3 Å². The Bertz CT molecular complexity index is 626. The normalized spacial score (nSPS) is 11.4. The third-order valence-electron chi connectivity index (χ3n) is 1.93. The Kier molecular flexibility index (Phi) is 3.77. The monoisotopic (exact) mass is 351 g/mol. The van der Waals surface area contributed by atoms with Crippen LogP contribution >= 0.6 is 38.9 Å². The van der Waals surface area contributed by atoms with Crippen LogP contribution in [0.1, 0.15) is 0 Å². The molecule has 0 aliphatic heterocycles. The average Bonchev–Trinajstić information content (AvgIpc) is 2.77. The molecule has 0 unspecified atom stereocenters. The molecule has 0 saturated heterocycles. The lowest BCUT2D eigenvalue weighted by molar-refractivity contribution is 0.603. The highest BCUT2D eigenvalue weighted by molar-refractivity contribution is 9.10. The first kappa shape index (κ1) is 12.9. The maximum atomic E-state index is 11.9. The van der Waals surface area contributed by atoms with Crippen LogP contribution in [0.2, 0.25) is 5.02 Å². The van der Waals surface area contributed by atoms with E-state index in [4.69, 9.17) is 11.6 Å². The van der Waals surface area contributed by atoms with E-state index in [1.807, 2.05) is 0 Å². The number of thiophene rings is 1. The maximum Gasteiger partial charge on any atom is 0.271 e. The number of anilines is 1. The van der Waals surface area contributed by atoms with Crippen LogP contribution < -0.4 is 4.72 Å². The van der Waals surface area contributed by atoms with E-state index in [1.54, 1.807) is 35.7 Å². The zero-order valence-corrected chi connectivity index (χ0v) is 12.3. The van der Waals surface area contributed by atoms with Crippen LogP contribution in [0.5, 0.6) is 0 Å². The van der Waals surface area contributed by atoms with Crippen LogP contribution in [-0.2, 0) is 10.0 Å². The molecule has 1 aromatic heterocycles. The van der Waals surface area contributed by atoms with Gasteiger partial charge in [0.25, 0.3) is 10.0 Å². The molecule has 2 aromatic rings. The van der Waals surface area contributed by atoms with Gasteiger partial charge >= 0.3 is 0 Å². The first-order chi connectivity index (χ1) is 7.99. The second-order valence-corrected chi connectivity index (χ2v) is 7.28. The third-order valence-corrected chi connectivity index (χ3v) is 5.94. The van der Waals surface area contributed by atoms with E-state index >= 15 is 0 Å². The lowest BCUT2D eigenvalue weighted by atomic mass is 10.3. The Morgan fingerprint density at radius 3 is 2.65 bits per heavy atom. The number of nitrogens with one attached hydrogen (secondary N) is 1. The van der Waals surface area contributed by atoms with Crippen molar-refractivity contribution in [3.05, 3.63) is 45.2 Å². The molecule has 0 spiro atoms. The molecule has 0 saturated carbocycles. The summed E-state index contributed by atoms with van der Waals surface area (Å²) in [5.41, 5.74) is 0.437. The Balaban J connectivity index is 2.30. The third kappa shape index (κ3) is 3.01. The van der Waals surface area contributed by atoms with Crippen molar-refractivity contribution in [2.45, 2.75) is 4.21 Å². The largest absolute Gasteiger partial charge is 0.279 e. The number of benzene rings is 1. The van der Waals surface area contributed by atoms with Gasteiger partial charge in [0.05, 0.1) is 10.7 Å². The molecule has 1 aromatic carbocycles. The fraction of sp³-hybridized carbons (Fsp3) is 0. The van der Waals surface area contributed by atoms with Crippen molar-refractivity contribution in [1.82, 2.24) is 0 Å². The van der Waals surface area contributed by atoms with E-state index in [0.717, 1.165) is 15.8 Å². The van der Waals surface area contributed by atoms with Gasteiger partial charge in [-0.2, -0.15) is 0 Å². The summed E-state index contributed by atoms with van der Waals surface area (Å²) >= 11 is 10.3. The van der Waals surface area contributed by atoms with Gasteiger partial charge in [-0.25, -0.2) is 8.42 Å². The van der Waals surface area contributed by atoms with Crippen LogP contribution in [0.4, 0.5) is 5.69 Å². The zero-order valence-electron chi connectivity index (χ0n) is 8.35. The van der Waals surface area contributed by atoms with E-state index < -0.39 is 10.0 Å². The van der Waals surface area contributed by atoms with Crippen molar-refractivity contribution >= 4 is 54.6 Å². The second kappa shape index (κ2) is 4.97. The first-order valence-corrected chi connectivity index (χ1v) is 8.04. The van der Waals surface area contributed by atoms with Gasteiger partial charge in [-0.05, 0) is 45.6 Å². The molecule has 0 aliphatic carbocycles. The summed E-state index contributed by atoms with van der Waals surface area (Å²) < 4.78 is 27.3. The van der Waals surface area contributed by atoms with Crippen molar-refractivity contribution in [2.24, 2.45) is 0 Å². The van der Waals surface area contributed by atoms with Crippen molar-refractivity contribution in [3.8, 4) is 0 Å². The van der Waals surface area contributed by atoms with Crippen molar-refractivity contribution in [3.63, 3.8) is 0 Å². The first-order valence-electron chi connectivity index (χ1n) is 4.50. The lowest BCUT2D eigenvalue weighted by Crippen LogP contribution is -2.11. The molecular weight excluding hydrogens is 346 g/mol. The summed E-state index contributed by atoms with van der Waals surface area (Å²) in [5.74, 6) is 0. The SMILES string of the molecule is O=S(=O)(Nc1ccc(Br)c(Cl)c1)c1cccs1. The number of sulfonamides is 1. The maximum absolute atomic E-state index is 11.9. The van der Waals surface area contributed by atoms with Gasteiger partial charge in [0.2, 0.25) is 0 Å². The standard InChI is InChI=1S/C10H7BrClNO2S2/c11-8-4-3-7(6-9(8)12)13-17(14,15)10-2-1-5-16-10/h1-6,13H. The average molecular weight is 353 g/mol. The van der Waals surface area contributed by atoms with Gasteiger partial charge in [0.15, 0.2) is 0 Å². The molecule has 90 valence electrons. The molecular formula is C10H7BrClNO2S2. The van der Waals surface area contributed by atoms with Crippen LogP contribution in [0.25, 0.3) is 0 Å². The quantitative estimate of drug-likeness (QED) is 0.908. The Labute approximate surface area is 117 Å². The van der Waals surface area contributed by atoms with E-state index in [1.165, 1.54) is 0 Å². The molecule has 0 amide bonds. The molecule has 0 aliphatic rings. The van der Waals surface area contributed by atoms with Crippen LogP contribution in [0.3, 0.4) is 0 Å². The summed E-state index contributed by atoms with van der Waals surface area (Å²) in [6, 6.07) is 8.12. The minimum Gasteiger partial charge on any atom is -0.279 e. The Morgan fingerprint density at radius 2 is 2.06 bits per heavy atom. The van der Waals surface area contributed by atoms with Crippen molar-refractivity contribution in [2.75, 3.05) is 4.72 Å². The summed E-state index contributed by atoms with van der Waals surface area (Å²) in [6.07, 6.45) is 0. The van der Waals surface area contributed by atoms with E-state index in [-0.39, 0.29) is 4.21 Å². The zero-order chi connectivity index (χ0) is 12.5. The van der Waals surface area contributed by atoms with E-state index in [0.29, 0.717) is 10.7 Å². The van der Waals surface area contributed by atoms with E-state index in [2.05, 4.69) is 20.7 Å². The van der Waals surface area contributed by atoms with Gasteiger partial charge in [-0.3, -0.25) is 4.72 Å². The van der Waals surface area contributed by atoms with Gasteiger partial charge in [0, 0.05) is 4.47 Å². The topological polar surface area (TPSA) is 46.2 Å². The molecule has 17 heavy (non-hydrogen) atoms. The fourth-order valence-corrected chi connectivity index (χ4v) is 3.65. The fourth-order valence-electron chi connectivity index (χ4n) is 1.18. The molecule has 2 rings (SSSR count).